The minimum absolute atomic E-state index is 0.00126. The molecule has 0 bridgehead atoms. The molecule has 2 N–H and O–H groups in total. The van der Waals surface area contributed by atoms with Crippen LogP contribution in [0.4, 0.5) is 27.1 Å². The minimum Gasteiger partial charge on any atom is -0.373 e. The van der Waals surface area contributed by atoms with Crippen LogP contribution >= 0.6 is 11.6 Å². The zero-order chi connectivity index (χ0) is 23.6. The maximum absolute atomic E-state index is 13.9. The zero-order valence-electron chi connectivity index (χ0n) is 17.7. The number of benzene rings is 2. The van der Waals surface area contributed by atoms with Crippen molar-refractivity contribution < 1.29 is 12.8 Å². The number of halogens is 2. The molecule has 0 aliphatic carbocycles. The molecule has 10 heteroatoms. The maximum Gasteiger partial charge on any atom is 0.273 e. The van der Waals surface area contributed by atoms with Gasteiger partial charge in [-0.3, -0.25) is 9.52 Å². The van der Waals surface area contributed by atoms with Crippen molar-refractivity contribution in [2.24, 2.45) is 7.05 Å². The zero-order valence-corrected chi connectivity index (χ0v) is 19.3. The molecule has 1 heterocycles. The Balaban J connectivity index is 2.19. The first-order valence-corrected chi connectivity index (χ1v) is 11.3. The van der Waals surface area contributed by atoms with Gasteiger partial charge in [0.1, 0.15) is 11.5 Å². The molecule has 0 atom stereocenters. The lowest BCUT2D eigenvalue weighted by Crippen LogP contribution is -2.25. The molecule has 0 amide bonds. The Morgan fingerprint density at radius 2 is 1.81 bits per heavy atom. The lowest BCUT2D eigenvalue weighted by atomic mass is 10.0. The summed E-state index contributed by atoms with van der Waals surface area (Å²) in [7, 11) is 1.41. The van der Waals surface area contributed by atoms with Crippen LogP contribution in [0.2, 0.25) is 5.02 Å². The van der Waals surface area contributed by atoms with E-state index in [1.165, 1.54) is 16.7 Å². The normalized spacial score (nSPS) is 11.2. The van der Waals surface area contributed by atoms with Crippen LogP contribution in [0, 0.1) is 5.82 Å². The van der Waals surface area contributed by atoms with Gasteiger partial charge in [0, 0.05) is 60.9 Å². The van der Waals surface area contributed by atoms with Gasteiger partial charge in [-0.25, -0.2) is 12.8 Å². The number of nitrogens with zero attached hydrogens (tertiary/aromatic N) is 2. The van der Waals surface area contributed by atoms with Crippen molar-refractivity contribution in [1.29, 1.82) is 0 Å². The third kappa shape index (κ3) is 5.12. The monoisotopic (exact) mass is 476 g/mol. The van der Waals surface area contributed by atoms with E-state index in [-0.39, 0.29) is 10.6 Å². The number of pyridine rings is 1. The molecule has 0 fully saturated rings. The highest BCUT2D eigenvalue weighted by atomic mass is 35.5. The van der Waals surface area contributed by atoms with Crippen LogP contribution in [-0.2, 0) is 17.1 Å². The van der Waals surface area contributed by atoms with Crippen molar-refractivity contribution >= 4 is 44.4 Å². The fourth-order valence-electron chi connectivity index (χ4n) is 3.05. The van der Waals surface area contributed by atoms with Crippen LogP contribution < -0.4 is 20.5 Å². The van der Waals surface area contributed by atoms with E-state index in [0.717, 1.165) is 5.41 Å². The van der Waals surface area contributed by atoms with Gasteiger partial charge in [0.25, 0.3) is 15.6 Å². The summed E-state index contributed by atoms with van der Waals surface area (Å²) in [5.41, 5.74) is 2.81. The van der Waals surface area contributed by atoms with Crippen molar-refractivity contribution in [1.82, 2.24) is 4.57 Å². The Hall–Kier alpha value is -3.30. The number of sulfonamides is 1. The van der Waals surface area contributed by atoms with Gasteiger partial charge in [-0.15, -0.1) is 0 Å². The second kappa shape index (κ2) is 9.05. The van der Waals surface area contributed by atoms with E-state index >= 15 is 0 Å². The van der Waals surface area contributed by atoms with Crippen LogP contribution in [-0.4, -0.2) is 27.1 Å². The molecule has 7 nitrogen and oxygen atoms in total. The van der Waals surface area contributed by atoms with E-state index in [0.29, 0.717) is 33.9 Å². The molecule has 2 aromatic carbocycles. The quantitative estimate of drug-likeness (QED) is 0.523. The number of rotatable bonds is 7. The van der Waals surface area contributed by atoms with E-state index in [4.69, 9.17) is 11.6 Å². The predicted octanol–water partition coefficient (Wildman–Crippen LogP) is 4.54. The van der Waals surface area contributed by atoms with Crippen molar-refractivity contribution in [2.75, 3.05) is 29.0 Å². The van der Waals surface area contributed by atoms with Crippen LogP contribution in [0.25, 0.3) is 11.1 Å². The van der Waals surface area contributed by atoms with E-state index in [1.54, 1.807) is 62.6 Å². The topological polar surface area (TPSA) is 83.4 Å². The molecule has 0 saturated heterocycles. The first kappa shape index (κ1) is 23.4. The molecule has 0 unspecified atom stereocenters. The largest absolute Gasteiger partial charge is 0.373 e. The molecule has 3 aromatic rings. The average molecular weight is 477 g/mol. The smallest absolute Gasteiger partial charge is 0.273 e. The van der Waals surface area contributed by atoms with Gasteiger partial charge in [-0.1, -0.05) is 18.2 Å². The Morgan fingerprint density at radius 1 is 1.12 bits per heavy atom. The molecule has 0 aliphatic rings. The number of anilines is 4. The lowest BCUT2D eigenvalue weighted by Gasteiger charge is -2.18. The number of hydrogen-bond donors (Lipinski definition) is 2. The fraction of sp³-hybridized carbons (Fsp3) is 0.136. The standard InChI is InChI=1S/C22H22ClFN4O3S/c1-5-32(30,31)26-16-7-9-20(25-15-6-8-18(23)19(24)12-15)17(11-16)14-10-21(27(2)3)22(29)28(4)13-14/h5-13,25-26H,1H2,2-4H3. The Kier molecular flexibility index (Phi) is 6.61. The Morgan fingerprint density at radius 3 is 2.44 bits per heavy atom. The average Bonchev–Trinajstić information content (AvgIpc) is 2.73. The molecule has 168 valence electrons. The van der Waals surface area contributed by atoms with E-state index in [2.05, 4.69) is 16.6 Å². The van der Waals surface area contributed by atoms with E-state index in [9.17, 15) is 17.6 Å². The summed E-state index contributed by atoms with van der Waals surface area (Å²) in [6, 6.07) is 10.9. The van der Waals surface area contributed by atoms with Gasteiger partial charge >= 0.3 is 0 Å². The fourth-order valence-corrected chi connectivity index (χ4v) is 3.71. The van der Waals surface area contributed by atoms with Crippen molar-refractivity contribution in [2.45, 2.75) is 0 Å². The van der Waals surface area contributed by atoms with Crippen molar-refractivity contribution in [3.8, 4) is 11.1 Å². The van der Waals surface area contributed by atoms with Gasteiger partial charge < -0.3 is 14.8 Å². The van der Waals surface area contributed by atoms with Gasteiger partial charge in [0.2, 0.25) is 0 Å². The molecule has 0 saturated carbocycles. The molecule has 0 radical (unpaired) electrons. The summed E-state index contributed by atoms with van der Waals surface area (Å²) < 4.78 is 41.7. The maximum atomic E-state index is 13.9. The Labute approximate surface area is 190 Å². The summed E-state index contributed by atoms with van der Waals surface area (Å²) >= 11 is 5.77. The highest BCUT2D eigenvalue weighted by Crippen LogP contribution is 2.34. The van der Waals surface area contributed by atoms with Gasteiger partial charge in [0.05, 0.1) is 5.02 Å². The van der Waals surface area contributed by atoms with E-state index in [1.807, 2.05) is 0 Å². The highest BCUT2D eigenvalue weighted by molar-refractivity contribution is 7.95. The summed E-state index contributed by atoms with van der Waals surface area (Å²) in [5.74, 6) is -0.578. The van der Waals surface area contributed by atoms with Crippen LogP contribution in [0.1, 0.15) is 0 Å². The molecule has 0 spiro atoms. The molecule has 0 aliphatic heterocycles. The molecular formula is C22H22ClFN4O3S. The molecule has 1 aromatic heterocycles. The summed E-state index contributed by atoms with van der Waals surface area (Å²) in [4.78, 5) is 14.2. The van der Waals surface area contributed by atoms with Gasteiger partial charge in [-0.2, -0.15) is 0 Å². The molecular weight excluding hydrogens is 455 g/mol. The van der Waals surface area contributed by atoms with Gasteiger partial charge in [-0.05, 0) is 42.5 Å². The number of nitrogens with one attached hydrogen (secondary N) is 2. The number of hydrogen-bond acceptors (Lipinski definition) is 5. The van der Waals surface area contributed by atoms with Gasteiger partial charge in [0.15, 0.2) is 0 Å². The number of aryl methyl sites for hydroxylation is 1. The summed E-state index contributed by atoms with van der Waals surface area (Å²) in [6.07, 6.45) is 1.64. The van der Waals surface area contributed by atoms with Crippen LogP contribution in [0.5, 0.6) is 0 Å². The Bertz CT molecular complexity index is 1350. The molecule has 32 heavy (non-hydrogen) atoms. The highest BCUT2D eigenvalue weighted by Gasteiger charge is 2.14. The second-order valence-corrected chi connectivity index (χ2v) is 9.29. The summed E-state index contributed by atoms with van der Waals surface area (Å²) in [5, 5.41) is 3.94. The minimum atomic E-state index is -3.72. The third-order valence-electron chi connectivity index (χ3n) is 4.65. The third-order valence-corrected chi connectivity index (χ3v) is 5.92. The van der Waals surface area contributed by atoms with Crippen LogP contribution in [0.15, 0.2) is 65.4 Å². The SMILES string of the molecule is C=CS(=O)(=O)Nc1ccc(Nc2ccc(Cl)c(F)c2)c(-c2cc(N(C)C)c(=O)n(C)c2)c1. The number of aromatic nitrogens is 1. The predicted molar refractivity (Wildman–Crippen MR) is 129 cm³/mol. The molecule has 3 rings (SSSR count). The first-order chi connectivity index (χ1) is 15.0. The van der Waals surface area contributed by atoms with E-state index < -0.39 is 15.8 Å². The van der Waals surface area contributed by atoms with Crippen molar-refractivity contribution in [3.63, 3.8) is 0 Å². The van der Waals surface area contributed by atoms with Crippen LogP contribution in [0.3, 0.4) is 0 Å². The lowest BCUT2D eigenvalue weighted by molar-refractivity contribution is 0.609. The first-order valence-electron chi connectivity index (χ1n) is 9.40. The second-order valence-electron chi connectivity index (χ2n) is 7.25. The van der Waals surface area contributed by atoms with Crippen molar-refractivity contribution in [3.05, 3.63) is 81.8 Å². The summed E-state index contributed by atoms with van der Waals surface area (Å²) in [6.45, 7) is 3.30.